The fourth-order valence-corrected chi connectivity index (χ4v) is 1.90. The van der Waals surface area contributed by atoms with Crippen LogP contribution in [-0.4, -0.2) is 15.9 Å². The van der Waals surface area contributed by atoms with Gasteiger partial charge in [0, 0.05) is 11.8 Å². The lowest BCUT2D eigenvalue weighted by Crippen LogP contribution is -2.27. The maximum atomic E-state index is 12.9. The van der Waals surface area contributed by atoms with Crippen LogP contribution in [0.25, 0.3) is 0 Å². The quantitative estimate of drug-likeness (QED) is 0.851. The summed E-state index contributed by atoms with van der Waals surface area (Å²) < 4.78 is 12.9. The van der Waals surface area contributed by atoms with Crippen molar-refractivity contribution in [1.82, 2.24) is 10.3 Å². The van der Waals surface area contributed by atoms with Crippen LogP contribution in [0.4, 0.5) is 4.39 Å². The minimum absolute atomic E-state index is 0.231. The van der Waals surface area contributed by atoms with Crippen LogP contribution in [0.3, 0.4) is 0 Å². The zero-order chi connectivity index (χ0) is 15.4. The molecule has 0 radical (unpaired) electrons. The average Bonchev–Trinajstić information content (AvgIpc) is 2.47. The minimum atomic E-state index is -0.318. The molecule has 2 aromatic rings. The zero-order valence-electron chi connectivity index (χ0n) is 11.3. The molecule has 1 amide bonds. The van der Waals surface area contributed by atoms with Crippen molar-refractivity contribution >= 4 is 23.1 Å². The molecule has 3 N–H and O–H groups in total. The van der Waals surface area contributed by atoms with Gasteiger partial charge in [-0.05, 0) is 36.8 Å². The molecule has 6 heteroatoms. The number of aromatic nitrogens is 1. The van der Waals surface area contributed by atoms with Crippen LogP contribution >= 0.6 is 12.2 Å². The highest BCUT2D eigenvalue weighted by Gasteiger charge is 2.12. The second kappa shape index (κ2) is 6.41. The number of amides is 1. The van der Waals surface area contributed by atoms with Crippen LogP contribution in [0.5, 0.6) is 0 Å². The van der Waals surface area contributed by atoms with Crippen LogP contribution < -0.4 is 11.1 Å². The molecule has 2 rings (SSSR count). The Morgan fingerprint density at radius 2 is 1.95 bits per heavy atom. The summed E-state index contributed by atoms with van der Waals surface area (Å²) in [6, 6.07) is 8.91. The molecule has 1 unspecified atom stereocenters. The van der Waals surface area contributed by atoms with E-state index >= 15 is 0 Å². The third-order valence-electron chi connectivity index (χ3n) is 3.00. The Balaban J connectivity index is 2.06. The van der Waals surface area contributed by atoms with Crippen molar-refractivity contribution in [2.45, 2.75) is 13.0 Å². The van der Waals surface area contributed by atoms with E-state index in [1.807, 2.05) is 6.92 Å². The number of thiocarbonyl (C=S) groups is 1. The number of halogens is 1. The van der Waals surface area contributed by atoms with Crippen LogP contribution in [-0.2, 0) is 0 Å². The number of hydrogen-bond acceptors (Lipinski definition) is 3. The van der Waals surface area contributed by atoms with Gasteiger partial charge in [-0.3, -0.25) is 9.78 Å². The molecular weight excluding hydrogens is 289 g/mol. The van der Waals surface area contributed by atoms with Gasteiger partial charge in [0.15, 0.2) is 0 Å². The number of hydrogen-bond donors (Lipinski definition) is 2. The number of rotatable bonds is 4. The predicted molar refractivity (Wildman–Crippen MR) is 82.4 cm³/mol. The van der Waals surface area contributed by atoms with E-state index in [1.165, 1.54) is 18.3 Å². The largest absolute Gasteiger partial charge is 0.389 e. The summed E-state index contributed by atoms with van der Waals surface area (Å²) in [5, 5.41) is 2.79. The first kappa shape index (κ1) is 15.1. The van der Waals surface area contributed by atoms with Crippen molar-refractivity contribution < 1.29 is 9.18 Å². The number of nitrogens with zero attached hydrogens (tertiary/aromatic N) is 1. The molecule has 0 saturated heterocycles. The number of carbonyl (C=O) groups excluding carboxylic acids is 1. The molecule has 0 aliphatic rings. The van der Waals surface area contributed by atoms with Crippen LogP contribution in [0, 0.1) is 5.82 Å². The Labute approximate surface area is 127 Å². The first-order chi connectivity index (χ1) is 9.97. The lowest BCUT2D eigenvalue weighted by atomic mass is 10.1. The molecule has 0 aliphatic carbocycles. The Kier molecular flexibility index (Phi) is 4.59. The average molecular weight is 303 g/mol. The van der Waals surface area contributed by atoms with Crippen LogP contribution in [0.2, 0.25) is 0 Å². The normalized spacial score (nSPS) is 11.7. The molecule has 1 atom stereocenters. The molecule has 0 saturated carbocycles. The highest BCUT2D eigenvalue weighted by atomic mass is 32.1. The summed E-state index contributed by atoms with van der Waals surface area (Å²) in [6.07, 6.45) is 1.46. The zero-order valence-corrected chi connectivity index (χ0v) is 12.2. The van der Waals surface area contributed by atoms with Gasteiger partial charge in [0.05, 0.1) is 6.04 Å². The fraction of sp³-hybridized carbons (Fsp3) is 0.133. The molecule has 1 aromatic heterocycles. The first-order valence-electron chi connectivity index (χ1n) is 6.29. The van der Waals surface area contributed by atoms with Crippen molar-refractivity contribution in [1.29, 1.82) is 0 Å². The molecule has 21 heavy (non-hydrogen) atoms. The summed E-state index contributed by atoms with van der Waals surface area (Å²) in [6.45, 7) is 1.81. The minimum Gasteiger partial charge on any atom is -0.389 e. The fourth-order valence-electron chi connectivity index (χ4n) is 1.78. The lowest BCUT2D eigenvalue weighted by molar-refractivity contribution is 0.0935. The second-order valence-electron chi connectivity index (χ2n) is 4.54. The summed E-state index contributed by atoms with van der Waals surface area (Å²) in [4.78, 5) is 16.3. The van der Waals surface area contributed by atoms with Crippen LogP contribution in [0.15, 0.2) is 42.6 Å². The van der Waals surface area contributed by atoms with Gasteiger partial charge < -0.3 is 11.1 Å². The van der Waals surface area contributed by atoms with E-state index in [0.29, 0.717) is 5.56 Å². The summed E-state index contributed by atoms with van der Waals surface area (Å²) in [5.74, 6) is -0.631. The van der Waals surface area contributed by atoms with E-state index in [-0.39, 0.29) is 28.4 Å². The molecule has 0 spiro atoms. The van der Waals surface area contributed by atoms with Crippen LogP contribution in [0.1, 0.15) is 34.6 Å². The van der Waals surface area contributed by atoms with Gasteiger partial charge in [-0.2, -0.15) is 0 Å². The molecule has 0 fully saturated rings. The van der Waals surface area contributed by atoms with Gasteiger partial charge in [-0.25, -0.2) is 4.39 Å². The van der Waals surface area contributed by atoms with Gasteiger partial charge >= 0.3 is 0 Å². The third kappa shape index (κ3) is 3.82. The Hall–Kier alpha value is -2.34. The molecular formula is C15H14FN3OS. The van der Waals surface area contributed by atoms with Gasteiger partial charge in [0.25, 0.3) is 5.91 Å². The number of carbonyl (C=O) groups is 1. The van der Waals surface area contributed by atoms with Crippen molar-refractivity contribution in [2.75, 3.05) is 0 Å². The monoisotopic (exact) mass is 303 g/mol. The van der Waals surface area contributed by atoms with Gasteiger partial charge in [0.2, 0.25) is 0 Å². The van der Waals surface area contributed by atoms with E-state index < -0.39 is 0 Å². The maximum Gasteiger partial charge on any atom is 0.270 e. The summed E-state index contributed by atoms with van der Waals surface area (Å²) in [5.41, 5.74) is 7.15. The molecule has 1 aromatic carbocycles. The SMILES string of the molecule is CC(NC(=O)c1ccc(C(N)=S)cn1)c1ccc(F)cc1. The third-order valence-corrected chi connectivity index (χ3v) is 3.23. The number of pyridine rings is 1. The van der Waals surface area contributed by atoms with Crippen molar-refractivity contribution in [2.24, 2.45) is 5.73 Å². The molecule has 1 heterocycles. The van der Waals surface area contributed by atoms with E-state index in [1.54, 1.807) is 24.3 Å². The smallest absolute Gasteiger partial charge is 0.270 e. The Morgan fingerprint density at radius 1 is 1.29 bits per heavy atom. The first-order valence-corrected chi connectivity index (χ1v) is 6.70. The highest BCUT2D eigenvalue weighted by Crippen LogP contribution is 2.13. The van der Waals surface area contributed by atoms with E-state index in [2.05, 4.69) is 10.3 Å². The maximum absolute atomic E-state index is 12.9. The molecule has 4 nitrogen and oxygen atoms in total. The standard InChI is InChI=1S/C15H14FN3OS/c1-9(10-2-5-12(16)6-3-10)19-15(20)13-7-4-11(8-18-13)14(17)21/h2-9H,1H3,(H2,17,21)(H,19,20). The van der Waals surface area contributed by atoms with E-state index in [0.717, 1.165) is 5.56 Å². The lowest BCUT2D eigenvalue weighted by Gasteiger charge is -2.14. The van der Waals surface area contributed by atoms with Crippen molar-refractivity contribution in [3.8, 4) is 0 Å². The Bertz CT molecular complexity index is 656. The highest BCUT2D eigenvalue weighted by molar-refractivity contribution is 7.80. The van der Waals surface area contributed by atoms with E-state index in [9.17, 15) is 9.18 Å². The second-order valence-corrected chi connectivity index (χ2v) is 4.98. The number of nitrogens with one attached hydrogen (secondary N) is 1. The van der Waals surface area contributed by atoms with Crippen molar-refractivity contribution in [3.63, 3.8) is 0 Å². The number of benzene rings is 1. The molecule has 0 aliphatic heterocycles. The van der Waals surface area contributed by atoms with Gasteiger partial charge in [-0.1, -0.05) is 24.4 Å². The predicted octanol–water partition coefficient (Wildman–Crippen LogP) is 2.35. The molecule has 0 bridgehead atoms. The number of nitrogens with two attached hydrogens (primary N) is 1. The summed E-state index contributed by atoms with van der Waals surface area (Å²) >= 11 is 4.82. The van der Waals surface area contributed by atoms with Gasteiger partial charge in [0.1, 0.15) is 16.5 Å². The Morgan fingerprint density at radius 3 is 2.48 bits per heavy atom. The van der Waals surface area contributed by atoms with Gasteiger partial charge in [-0.15, -0.1) is 0 Å². The summed E-state index contributed by atoms with van der Waals surface area (Å²) in [7, 11) is 0. The van der Waals surface area contributed by atoms with Crippen molar-refractivity contribution in [3.05, 3.63) is 65.2 Å². The van der Waals surface area contributed by atoms with E-state index in [4.69, 9.17) is 18.0 Å². The molecule has 108 valence electrons. The topological polar surface area (TPSA) is 68.0 Å².